The first kappa shape index (κ1) is 16.7. The maximum Gasteiger partial charge on any atom is 0.314 e. The van der Waals surface area contributed by atoms with E-state index in [1.54, 1.807) is 18.2 Å². The van der Waals surface area contributed by atoms with Crippen molar-refractivity contribution in [2.45, 2.75) is 6.92 Å². The van der Waals surface area contributed by atoms with Gasteiger partial charge in [0.15, 0.2) is 0 Å². The van der Waals surface area contributed by atoms with Crippen LogP contribution in [-0.4, -0.2) is 17.7 Å². The molecule has 0 unspecified atom stereocenters. The third-order valence-electron chi connectivity index (χ3n) is 3.05. The minimum atomic E-state index is -0.808. The van der Waals surface area contributed by atoms with Crippen molar-refractivity contribution in [3.8, 4) is 0 Å². The molecule has 0 atom stereocenters. The number of benzene rings is 2. The van der Waals surface area contributed by atoms with Gasteiger partial charge < -0.3 is 16.4 Å². The molecule has 0 aliphatic rings. The molecule has 0 saturated carbocycles. The molecule has 6 nitrogen and oxygen atoms in total. The minimum Gasteiger partial charge on any atom is -0.366 e. The van der Waals surface area contributed by atoms with Crippen molar-refractivity contribution >= 4 is 45.0 Å². The molecule has 0 spiro atoms. The summed E-state index contributed by atoms with van der Waals surface area (Å²) >= 11 is 3.36. The van der Waals surface area contributed by atoms with E-state index in [-0.39, 0.29) is 0 Å². The fourth-order valence-corrected chi connectivity index (χ4v) is 2.06. The number of nitrogens with two attached hydrogens (primary N) is 1. The van der Waals surface area contributed by atoms with Crippen LogP contribution in [0.25, 0.3) is 0 Å². The smallest absolute Gasteiger partial charge is 0.314 e. The van der Waals surface area contributed by atoms with Gasteiger partial charge in [0, 0.05) is 21.4 Å². The van der Waals surface area contributed by atoms with Gasteiger partial charge in [0.1, 0.15) is 0 Å². The lowest BCUT2D eigenvalue weighted by atomic mass is 10.2. The highest BCUT2D eigenvalue weighted by Gasteiger charge is 2.14. The van der Waals surface area contributed by atoms with Gasteiger partial charge in [0.05, 0.1) is 0 Å². The molecule has 4 N–H and O–H groups in total. The summed E-state index contributed by atoms with van der Waals surface area (Å²) < 4.78 is 0.912. The van der Waals surface area contributed by atoms with E-state index in [1.807, 2.05) is 6.92 Å². The van der Waals surface area contributed by atoms with Crippen LogP contribution in [0.1, 0.15) is 15.9 Å². The number of aryl methyl sites for hydroxylation is 1. The average Bonchev–Trinajstić information content (AvgIpc) is 2.51. The number of halogens is 1. The standard InChI is InChI=1S/C16H14BrN3O3/c1-9-8-12(6-7-13(9)17)20-16(23)15(22)19-11-4-2-10(3-5-11)14(18)21/h2-8H,1H3,(H2,18,21)(H,19,22)(H,20,23). The molecule has 0 aromatic heterocycles. The van der Waals surface area contributed by atoms with Crippen molar-refractivity contribution < 1.29 is 14.4 Å². The zero-order valence-electron chi connectivity index (χ0n) is 12.2. The van der Waals surface area contributed by atoms with Crippen LogP contribution < -0.4 is 16.4 Å². The molecule has 0 aliphatic heterocycles. The van der Waals surface area contributed by atoms with Crippen molar-refractivity contribution in [3.63, 3.8) is 0 Å². The number of rotatable bonds is 3. The predicted molar refractivity (Wildman–Crippen MR) is 91.1 cm³/mol. The van der Waals surface area contributed by atoms with E-state index < -0.39 is 17.7 Å². The SMILES string of the molecule is Cc1cc(NC(=O)C(=O)Nc2ccc(C(N)=O)cc2)ccc1Br. The zero-order valence-corrected chi connectivity index (χ0v) is 13.8. The third-order valence-corrected chi connectivity index (χ3v) is 3.94. The van der Waals surface area contributed by atoms with Gasteiger partial charge in [0.2, 0.25) is 5.91 Å². The molecule has 2 rings (SSSR count). The van der Waals surface area contributed by atoms with Gasteiger partial charge in [0.25, 0.3) is 0 Å². The van der Waals surface area contributed by atoms with Crippen molar-refractivity contribution in [1.29, 1.82) is 0 Å². The van der Waals surface area contributed by atoms with Crippen LogP contribution in [0.3, 0.4) is 0 Å². The second-order valence-corrected chi connectivity index (χ2v) is 5.67. The second-order valence-electron chi connectivity index (χ2n) is 4.81. The van der Waals surface area contributed by atoms with Gasteiger partial charge in [-0.2, -0.15) is 0 Å². The molecule has 118 valence electrons. The van der Waals surface area contributed by atoms with Crippen molar-refractivity contribution in [2.75, 3.05) is 10.6 Å². The molecule has 0 fully saturated rings. The molecule has 7 heteroatoms. The number of carbonyl (C=O) groups excluding carboxylic acids is 3. The van der Waals surface area contributed by atoms with Crippen LogP contribution in [0.15, 0.2) is 46.9 Å². The fraction of sp³-hybridized carbons (Fsp3) is 0.0625. The Morgan fingerprint density at radius 2 is 1.43 bits per heavy atom. The van der Waals surface area contributed by atoms with Crippen LogP contribution in [0.5, 0.6) is 0 Å². The van der Waals surface area contributed by atoms with Crippen molar-refractivity contribution in [1.82, 2.24) is 0 Å². The summed E-state index contributed by atoms with van der Waals surface area (Å²) in [5.74, 6) is -2.16. The number of primary amides is 1. The number of amides is 3. The molecule has 2 aromatic rings. The van der Waals surface area contributed by atoms with Gasteiger partial charge in [-0.1, -0.05) is 15.9 Å². The summed E-state index contributed by atoms with van der Waals surface area (Å²) in [7, 11) is 0. The number of nitrogens with one attached hydrogen (secondary N) is 2. The summed E-state index contributed by atoms with van der Waals surface area (Å²) in [6.45, 7) is 1.88. The molecule has 0 radical (unpaired) electrons. The summed E-state index contributed by atoms with van der Waals surface area (Å²) in [6, 6.07) is 11.1. The monoisotopic (exact) mass is 375 g/mol. The van der Waals surface area contributed by atoms with Crippen molar-refractivity contribution in [2.24, 2.45) is 5.73 Å². The summed E-state index contributed by atoms with van der Waals surface area (Å²) in [5, 5.41) is 4.96. The highest BCUT2D eigenvalue weighted by molar-refractivity contribution is 9.10. The van der Waals surface area contributed by atoms with Crippen LogP contribution in [-0.2, 0) is 9.59 Å². The molecular weight excluding hydrogens is 362 g/mol. The fourth-order valence-electron chi connectivity index (χ4n) is 1.82. The van der Waals surface area contributed by atoms with Gasteiger partial charge in [-0.25, -0.2) is 0 Å². The van der Waals surface area contributed by atoms with E-state index in [4.69, 9.17) is 5.73 Å². The van der Waals surface area contributed by atoms with E-state index in [0.29, 0.717) is 16.9 Å². The summed E-state index contributed by atoms with van der Waals surface area (Å²) in [4.78, 5) is 34.7. The maximum atomic E-state index is 11.9. The second kappa shape index (κ2) is 7.06. The van der Waals surface area contributed by atoms with Gasteiger partial charge in [-0.05, 0) is 55.0 Å². The number of carbonyl (C=O) groups is 3. The molecule has 0 bridgehead atoms. The van der Waals surface area contributed by atoms with E-state index >= 15 is 0 Å². The Balaban J connectivity index is 2.00. The quantitative estimate of drug-likeness (QED) is 0.717. The topological polar surface area (TPSA) is 101 Å². The molecule has 0 aliphatic carbocycles. The molecule has 0 saturated heterocycles. The first-order chi connectivity index (χ1) is 10.9. The lowest BCUT2D eigenvalue weighted by Gasteiger charge is -2.08. The van der Waals surface area contributed by atoms with E-state index in [1.165, 1.54) is 24.3 Å². The molecule has 2 aromatic carbocycles. The Bertz CT molecular complexity index is 773. The first-order valence-corrected chi connectivity index (χ1v) is 7.44. The number of anilines is 2. The zero-order chi connectivity index (χ0) is 17.0. The Kier molecular flexibility index (Phi) is 5.13. The molecule has 0 heterocycles. The van der Waals surface area contributed by atoms with Gasteiger partial charge in [-0.15, -0.1) is 0 Å². The van der Waals surface area contributed by atoms with Crippen LogP contribution in [0.2, 0.25) is 0 Å². The van der Waals surface area contributed by atoms with Gasteiger partial charge >= 0.3 is 11.8 Å². The highest BCUT2D eigenvalue weighted by atomic mass is 79.9. The van der Waals surface area contributed by atoms with Crippen LogP contribution in [0, 0.1) is 6.92 Å². The lowest BCUT2D eigenvalue weighted by molar-refractivity contribution is -0.132. The Hall–Kier alpha value is -2.67. The predicted octanol–water partition coefficient (Wildman–Crippen LogP) is 2.43. The minimum absolute atomic E-state index is 0.317. The van der Waals surface area contributed by atoms with Crippen LogP contribution in [0.4, 0.5) is 11.4 Å². The van der Waals surface area contributed by atoms with E-state index in [0.717, 1.165) is 10.0 Å². The molecule has 3 amide bonds. The number of hydrogen-bond acceptors (Lipinski definition) is 3. The average molecular weight is 376 g/mol. The molecule has 23 heavy (non-hydrogen) atoms. The molecular formula is C16H14BrN3O3. The Morgan fingerprint density at radius 3 is 1.96 bits per heavy atom. The Morgan fingerprint density at radius 1 is 0.913 bits per heavy atom. The largest absolute Gasteiger partial charge is 0.366 e. The van der Waals surface area contributed by atoms with Crippen LogP contribution >= 0.6 is 15.9 Å². The summed E-state index contributed by atoms with van der Waals surface area (Å²) in [5.41, 5.74) is 7.30. The van der Waals surface area contributed by atoms with E-state index in [9.17, 15) is 14.4 Å². The normalized spacial score (nSPS) is 10.0. The number of hydrogen-bond donors (Lipinski definition) is 3. The lowest BCUT2D eigenvalue weighted by Crippen LogP contribution is -2.29. The Labute approximate surface area is 141 Å². The third kappa shape index (κ3) is 4.40. The first-order valence-electron chi connectivity index (χ1n) is 6.65. The van der Waals surface area contributed by atoms with Gasteiger partial charge in [-0.3, -0.25) is 14.4 Å². The highest BCUT2D eigenvalue weighted by Crippen LogP contribution is 2.20. The summed E-state index contributed by atoms with van der Waals surface area (Å²) in [6.07, 6.45) is 0. The van der Waals surface area contributed by atoms with Crippen molar-refractivity contribution in [3.05, 3.63) is 58.1 Å². The maximum absolute atomic E-state index is 11.9. The van der Waals surface area contributed by atoms with E-state index in [2.05, 4.69) is 26.6 Å².